The van der Waals surface area contributed by atoms with E-state index in [4.69, 9.17) is 5.11 Å². The lowest BCUT2D eigenvalue weighted by Gasteiger charge is -2.35. The minimum Gasteiger partial charge on any atom is -0.513 e. The quantitative estimate of drug-likeness (QED) is 0.228. The molecule has 2 rings (SSSR count). The molecule has 0 saturated heterocycles. The summed E-state index contributed by atoms with van der Waals surface area (Å²) >= 11 is 0. The normalized spacial score (nSPS) is 16.7. The van der Waals surface area contributed by atoms with Crippen molar-refractivity contribution in [1.82, 2.24) is 4.90 Å². The fourth-order valence-electron chi connectivity index (χ4n) is 4.31. The maximum Gasteiger partial charge on any atom is 0.0894 e. The topological polar surface area (TPSA) is 52.9 Å². The van der Waals surface area contributed by atoms with Crippen LogP contribution < -0.4 is 0 Å². The van der Waals surface area contributed by atoms with Gasteiger partial charge in [-0.2, -0.15) is 0 Å². The number of hydrogen-bond acceptors (Lipinski definition) is 4. The molecule has 0 bridgehead atoms. The molecular formula is C35H61NO3. The smallest absolute Gasteiger partial charge is 0.0894 e. The summed E-state index contributed by atoms with van der Waals surface area (Å²) in [4.78, 5) is 2.14. The molecule has 39 heavy (non-hydrogen) atoms. The van der Waals surface area contributed by atoms with Crippen LogP contribution in [0, 0.1) is 5.92 Å². The molecule has 0 amide bonds. The van der Waals surface area contributed by atoms with Gasteiger partial charge in [0.2, 0.25) is 0 Å². The number of ether oxygens (including phenoxy) is 1. The van der Waals surface area contributed by atoms with Crippen molar-refractivity contribution < 1.29 is 14.9 Å². The SMILES string of the molecule is C=C/C=C(\C=C)[C@H]1CCC(/C=C(\C)O)=C(C)[C@H]1c1ccccc1.CC.CC.CCCCN(C)CCO.COC. The lowest BCUT2D eigenvalue weighted by atomic mass is 9.69. The first kappa shape index (κ1) is 41.1. The number of methoxy groups -OCH3 is 1. The summed E-state index contributed by atoms with van der Waals surface area (Å²) in [5.41, 5.74) is 5.12. The first-order chi connectivity index (χ1) is 18.8. The second-order valence-electron chi connectivity index (χ2n) is 8.92. The molecule has 1 aromatic rings. The molecule has 0 unspecified atom stereocenters. The van der Waals surface area contributed by atoms with Crippen molar-refractivity contribution in [3.8, 4) is 0 Å². The fourth-order valence-corrected chi connectivity index (χ4v) is 4.31. The molecular weight excluding hydrogens is 482 g/mol. The summed E-state index contributed by atoms with van der Waals surface area (Å²) in [6.07, 6.45) is 12.2. The molecule has 0 aromatic heterocycles. The van der Waals surface area contributed by atoms with Crippen LogP contribution in [0.4, 0.5) is 0 Å². The van der Waals surface area contributed by atoms with Crippen LogP contribution >= 0.6 is 0 Å². The molecule has 224 valence electrons. The zero-order valence-corrected chi connectivity index (χ0v) is 27.0. The van der Waals surface area contributed by atoms with Crippen molar-refractivity contribution in [2.75, 3.05) is 41.0 Å². The average molecular weight is 544 g/mol. The summed E-state index contributed by atoms with van der Waals surface area (Å²) < 4.78 is 4.25. The van der Waals surface area contributed by atoms with Crippen LogP contribution in [-0.2, 0) is 4.74 Å². The molecule has 0 radical (unpaired) electrons. The van der Waals surface area contributed by atoms with Gasteiger partial charge in [-0.25, -0.2) is 0 Å². The Bertz CT molecular complexity index is 804. The highest BCUT2D eigenvalue weighted by atomic mass is 16.4. The van der Waals surface area contributed by atoms with Gasteiger partial charge in [-0.05, 0) is 75.4 Å². The van der Waals surface area contributed by atoms with Crippen molar-refractivity contribution in [3.05, 3.63) is 95.8 Å². The van der Waals surface area contributed by atoms with Gasteiger partial charge in [0.15, 0.2) is 0 Å². The Hall–Kier alpha value is -2.40. The van der Waals surface area contributed by atoms with E-state index in [1.165, 1.54) is 35.1 Å². The lowest BCUT2D eigenvalue weighted by molar-refractivity contribution is 0.220. The highest BCUT2D eigenvalue weighted by molar-refractivity contribution is 5.43. The molecule has 4 nitrogen and oxygen atoms in total. The third kappa shape index (κ3) is 18.5. The van der Waals surface area contributed by atoms with Gasteiger partial charge in [-0.15, -0.1) is 0 Å². The number of likely N-dealkylation sites (N-methyl/N-ethyl adjacent to an activating group) is 1. The van der Waals surface area contributed by atoms with E-state index in [2.05, 4.69) is 67.0 Å². The monoisotopic (exact) mass is 543 g/mol. The summed E-state index contributed by atoms with van der Waals surface area (Å²) in [6.45, 7) is 24.1. The van der Waals surface area contributed by atoms with E-state index in [-0.39, 0.29) is 6.61 Å². The number of hydrogen-bond donors (Lipinski definition) is 2. The Morgan fingerprint density at radius 1 is 1.08 bits per heavy atom. The standard InChI is InChI=1S/C22H26O.C7H17NO.C2H6O.2C2H6/c1-5-10-18(6-2)21-14-13-20(15-16(3)23)17(4)22(21)19-11-8-7-9-12-19;1-3-4-5-8(2)6-7-9;1-3-2;2*1-2/h5-12,15,21-23H,1-2,13-14H2,3-4H3;9H,3-7H2,1-2H3;1-2H3;2*1-2H3/b16-15+,18-10+;;;;/t21-,22+;;;;/m1..../s1. The van der Waals surface area contributed by atoms with Crippen molar-refractivity contribution in [3.63, 3.8) is 0 Å². The van der Waals surface area contributed by atoms with Gasteiger partial charge in [0.25, 0.3) is 0 Å². The second kappa shape index (κ2) is 28.6. The van der Waals surface area contributed by atoms with E-state index in [1.807, 2.05) is 59.0 Å². The molecule has 2 N–H and O–H groups in total. The predicted octanol–water partition coefficient (Wildman–Crippen LogP) is 9.28. The number of unbranched alkanes of at least 4 members (excludes halogenated alkanes) is 1. The molecule has 2 atom stereocenters. The van der Waals surface area contributed by atoms with Gasteiger partial charge < -0.3 is 19.8 Å². The molecule has 0 saturated carbocycles. The summed E-state index contributed by atoms with van der Waals surface area (Å²) in [7, 11) is 5.28. The van der Waals surface area contributed by atoms with E-state index in [0.717, 1.165) is 25.9 Å². The average Bonchev–Trinajstić information content (AvgIpc) is 2.95. The van der Waals surface area contributed by atoms with Crippen LogP contribution in [0.2, 0.25) is 0 Å². The van der Waals surface area contributed by atoms with Gasteiger partial charge >= 0.3 is 0 Å². The molecule has 1 aliphatic rings. The van der Waals surface area contributed by atoms with Crippen LogP contribution in [-0.4, -0.2) is 56.1 Å². The number of benzene rings is 1. The highest BCUT2D eigenvalue weighted by Gasteiger charge is 2.31. The van der Waals surface area contributed by atoms with Crippen molar-refractivity contribution in [1.29, 1.82) is 0 Å². The van der Waals surface area contributed by atoms with Crippen LogP contribution in [0.15, 0.2) is 90.3 Å². The van der Waals surface area contributed by atoms with Crippen molar-refractivity contribution in [2.45, 2.75) is 80.1 Å². The number of allylic oxidation sites excluding steroid dienone is 8. The fraction of sp³-hybridized carbons (Fsp3) is 0.543. The van der Waals surface area contributed by atoms with Gasteiger partial charge in [0, 0.05) is 26.7 Å². The number of aliphatic hydroxyl groups excluding tert-OH is 2. The molecule has 1 aliphatic carbocycles. The van der Waals surface area contributed by atoms with Crippen LogP contribution in [0.25, 0.3) is 0 Å². The van der Waals surface area contributed by atoms with Gasteiger partial charge in [0.1, 0.15) is 0 Å². The van der Waals surface area contributed by atoms with E-state index < -0.39 is 0 Å². The molecule has 4 heteroatoms. The zero-order chi connectivity index (χ0) is 30.6. The molecule has 1 aromatic carbocycles. The molecule has 0 fully saturated rings. The maximum absolute atomic E-state index is 9.67. The second-order valence-corrected chi connectivity index (χ2v) is 8.92. The molecule has 0 spiro atoms. The molecule has 0 aliphatic heterocycles. The van der Waals surface area contributed by atoms with Crippen LogP contribution in [0.3, 0.4) is 0 Å². The predicted molar refractivity (Wildman–Crippen MR) is 175 cm³/mol. The Labute approximate surface area is 242 Å². The Kier molecular flexibility index (Phi) is 30.1. The summed E-state index contributed by atoms with van der Waals surface area (Å²) in [6, 6.07) is 10.6. The number of aliphatic hydroxyl groups is 2. The van der Waals surface area contributed by atoms with Crippen molar-refractivity contribution in [2.24, 2.45) is 5.92 Å². The van der Waals surface area contributed by atoms with E-state index in [1.54, 1.807) is 21.1 Å². The Balaban J connectivity index is -0.000000675. The van der Waals surface area contributed by atoms with E-state index >= 15 is 0 Å². The summed E-state index contributed by atoms with van der Waals surface area (Å²) in [5.74, 6) is 1.07. The minimum absolute atomic E-state index is 0.278. The van der Waals surface area contributed by atoms with Crippen LogP contribution in [0.1, 0.15) is 85.6 Å². The maximum atomic E-state index is 9.67. The van der Waals surface area contributed by atoms with Gasteiger partial charge in [-0.3, -0.25) is 0 Å². The Morgan fingerprint density at radius 3 is 2.08 bits per heavy atom. The highest BCUT2D eigenvalue weighted by Crippen LogP contribution is 2.45. The van der Waals surface area contributed by atoms with Crippen molar-refractivity contribution >= 4 is 0 Å². The largest absolute Gasteiger partial charge is 0.513 e. The summed E-state index contributed by atoms with van der Waals surface area (Å²) in [5, 5.41) is 18.2. The Morgan fingerprint density at radius 2 is 1.64 bits per heavy atom. The first-order valence-electron chi connectivity index (χ1n) is 14.6. The number of nitrogens with zero attached hydrogens (tertiary/aromatic N) is 1. The third-order valence-electron chi connectivity index (χ3n) is 5.99. The van der Waals surface area contributed by atoms with Crippen LogP contribution in [0.5, 0.6) is 0 Å². The zero-order valence-electron chi connectivity index (χ0n) is 27.0. The third-order valence-corrected chi connectivity index (χ3v) is 5.99. The number of rotatable bonds is 10. The lowest BCUT2D eigenvalue weighted by Crippen LogP contribution is -2.22. The van der Waals surface area contributed by atoms with Gasteiger partial charge in [0.05, 0.1) is 12.4 Å². The minimum atomic E-state index is 0.278. The van der Waals surface area contributed by atoms with Gasteiger partial charge in [-0.1, -0.05) is 108 Å². The van der Waals surface area contributed by atoms with E-state index in [0.29, 0.717) is 17.6 Å². The molecule has 0 heterocycles. The first-order valence-corrected chi connectivity index (χ1v) is 14.6. The van der Waals surface area contributed by atoms with E-state index in [9.17, 15) is 5.11 Å².